The molecule has 12 nitrogen and oxygen atoms in total. The lowest BCUT2D eigenvalue weighted by Crippen LogP contribution is -2.14. The number of fused-ring (bicyclic) bond motifs is 6. The van der Waals surface area contributed by atoms with E-state index in [4.69, 9.17) is 44.9 Å². The summed E-state index contributed by atoms with van der Waals surface area (Å²) >= 11 is 5.46. The molecule has 0 saturated heterocycles. The lowest BCUT2D eigenvalue weighted by molar-refractivity contribution is 0.590. The van der Waals surface area contributed by atoms with Crippen LogP contribution in [0.3, 0.4) is 0 Å². The first-order valence-electron chi connectivity index (χ1n) is 48.5. The Morgan fingerprint density at radius 3 is 0.580 bits per heavy atom. The SMILES string of the molecule is CC(C)(C)c1ccc(-c2nc(-c3ccc(N4c5ccccc5Sc5ccccc54)cc3)nc(-c3ccc(C(C)(C)C)cc3)n2)cc1.CC(C)c1ccc(-c2nc(-c3ccc(C(C)C)cc3)nc(-c3ccc(N4c5ccccc5Sc5ccccc54)cc3)n2)cc1.c1ccc2c(c1)Sc1ccccc1N2c1ccc(-c2nc(-c3ccc(C4CCCC4)cc3)nc(-c3ccc(C4CCCC4)cc3)n2)cc1. The number of hydrogen-bond acceptors (Lipinski definition) is 15. The van der Waals surface area contributed by atoms with E-state index in [0.29, 0.717) is 76.1 Å². The zero-order chi connectivity index (χ0) is 94.1. The number of benzene rings is 15. The van der Waals surface area contributed by atoms with Crippen molar-refractivity contribution in [1.29, 1.82) is 0 Å². The van der Waals surface area contributed by atoms with Crippen LogP contribution >= 0.6 is 35.3 Å². The maximum Gasteiger partial charge on any atom is 0.164 e. The van der Waals surface area contributed by atoms with Crippen LogP contribution in [0, 0.1) is 0 Å². The van der Waals surface area contributed by atoms with Crippen LogP contribution in [0.5, 0.6) is 0 Å². The first-order chi connectivity index (χ1) is 67.2. The molecular formula is C123H110N12S3. The molecule has 2 fully saturated rings. The largest absolute Gasteiger partial charge is 0.308 e. The van der Waals surface area contributed by atoms with E-state index in [1.54, 1.807) is 0 Å². The summed E-state index contributed by atoms with van der Waals surface area (Å²) in [6.07, 6.45) is 10.5. The lowest BCUT2D eigenvalue weighted by atomic mass is 9.86. The Hall–Kier alpha value is -14.2. The fourth-order valence-electron chi connectivity index (χ4n) is 19.1. The standard InChI is InChI=1S/C43H38N4S.C41H38N4S.C39H34N4S/c1-2-10-29(9-1)31-17-21-33(22-18-31)41-44-42(34-23-19-32(20-24-34)30-11-3-4-12-30)46-43(45-41)35-25-27-36(28-26-35)47-37-13-5-7-15-39(37)48-40-16-8-6-14-38(40)47;1-40(2,3)30-21-15-27(16-22-30)37-42-38(28-17-23-31(24-18-28)41(4,5)6)44-39(43-37)29-19-25-32(26-20-29)45-33-11-7-9-13-35(33)46-36-14-10-8-12-34(36)45;1-25(2)27-13-17-29(18-14-27)37-40-38(30-19-15-28(16-20-30)26(3)4)42-39(41-37)31-21-23-32(24-22-31)43-33-9-5-7-11-35(33)44-36-12-8-6-10-34(36)43/h5-8,13-30H,1-4,9-12H2;7-26H,1-6H3;5-26H,1-4H3. The van der Waals surface area contributed by atoms with Crippen molar-refractivity contribution in [3.63, 3.8) is 0 Å². The fraction of sp³-hybridized carbons (Fsp3) is 0.195. The van der Waals surface area contributed by atoms with Crippen LogP contribution in [0.1, 0.15) is 178 Å². The van der Waals surface area contributed by atoms with Gasteiger partial charge in [-0.15, -0.1) is 0 Å². The van der Waals surface area contributed by atoms with Crippen LogP contribution in [0.4, 0.5) is 51.2 Å². The van der Waals surface area contributed by atoms with E-state index >= 15 is 0 Å². The van der Waals surface area contributed by atoms with Crippen LogP contribution in [-0.4, -0.2) is 44.9 Å². The zero-order valence-corrected chi connectivity index (χ0v) is 82.1. The summed E-state index contributed by atoms with van der Waals surface area (Å²) in [5, 5.41) is 0. The molecule has 15 heteroatoms. The number of rotatable bonds is 16. The zero-order valence-electron chi connectivity index (χ0n) is 79.7. The number of aromatic nitrogens is 9. The second-order valence-electron chi connectivity index (χ2n) is 39.1. The molecule has 6 heterocycles. The molecule has 5 aliphatic rings. The van der Waals surface area contributed by atoms with Gasteiger partial charge in [-0.3, -0.25) is 0 Å². The average molecular weight is 1850 g/mol. The Kier molecular flexibility index (Phi) is 25.6. The van der Waals surface area contributed by atoms with Gasteiger partial charge in [0.2, 0.25) is 0 Å². The summed E-state index contributed by atoms with van der Waals surface area (Å²) in [4.78, 5) is 59.7. The van der Waals surface area contributed by atoms with Gasteiger partial charge in [-0.1, -0.05) is 349 Å². The average Bonchev–Trinajstić information content (AvgIpc) is 0.805. The number of para-hydroxylation sites is 6. The van der Waals surface area contributed by atoms with Crippen molar-refractivity contribution < 1.29 is 0 Å². The van der Waals surface area contributed by atoms with Crippen LogP contribution in [0.15, 0.2) is 393 Å². The maximum absolute atomic E-state index is 5.08. The molecule has 18 aromatic rings. The molecule has 0 bridgehead atoms. The van der Waals surface area contributed by atoms with Gasteiger partial charge in [0.25, 0.3) is 0 Å². The summed E-state index contributed by atoms with van der Waals surface area (Å²) in [5.41, 5.74) is 27.4. The van der Waals surface area contributed by atoms with Gasteiger partial charge in [-0.2, -0.15) is 0 Å². The third-order valence-corrected chi connectivity index (χ3v) is 30.4. The molecule has 0 N–H and O–H groups in total. The van der Waals surface area contributed by atoms with E-state index < -0.39 is 0 Å². The van der Waals surface area contributed by atoms with Gasteiger partial charge in [-0.25, -0.2) is 44.9 Å². The Balaban J connectivity index is 0.000000123. The molecule has 0 unspecified atom stereocenters. The molecule has 0 amide bonds. The van der Waals surface area contributed by atoms with E-state index in [-0.39, 0.29) is 10.8 Å². The van der Waals surface area contributed by atoms with Gasteiger partial charge in [0.05, 0.1) is 34.1 Å². The Morgan fingerprint density at radius 2 is 0.391 bits per heavy atom. The van der Waals surface area contributed by atoms with E-state index in [2.05, 4.69) is 448 Å². The lowest BCUT2D eigenvalue weighted by Gasteiger charge is -2.32. The number of nitrogens with zero attached hydrogens (tertiary/aromatic N) is 12. The highest BCUT2D eigenvalue weighted by atomic mass is 32.2. The Bertz CT molecular complexity index is 7050. The van der Waals surface area contributed by atoms with Crippen molar-refractivity contribution in [1.82, 2.24) is 44.9 Å². The molecule has 3 aliphatic heterocycles. The van der Waals surface area contributed by atoms with Crippen molar-refractivity contribution in [2.45, 2.75) is 184 Å². The van der Waals surface area contributed by atoms with Crippen LogP contribution in [-0.2, 0) is 10.8 Å². The predicted molar refractivity (Wildman–Crippen MR) is 573 cm³/mol. The molecule has 2 saturated carbocycles. The first kappa shape index (κ1) is 90.3. The van der Waals surface area contributed by atoms with Crippen molar-refractivity contribution in [2.24, 2.45) is 0 Å². The molecule has 680 valence electrons. The second-order valence-corrected chi connectivity index (χ2v) is 42.3. The minimum absolute atomic E-state index is 0.0680. The first-order valence-corrected chi connectivity index (χ1v) is 50.9. The molecule has 0 atom stereocenters. The van der Waals surface area contributed by atoms with Crippen molar-refractivity contribution in [2.75, 3.05) is 14.7 Å². The van der Waals surface area contributed by atoms with Gasteiger partial charge < -0.3 is 14.7 Å². The van der Waals surface area contributed by atoms with Crippen molar-refractivity contribution >= 4 is 86.5 Å². The van der Waals surface area contributed by atoms with Gasteiger partial charge in [0.15, 0.2) is 52.4 Å². The maximum atomic E-state index is 5.08. The smallest absolute Gasteiger partial charge is 0.164 e. The molecule has 15 aromatic carbocycles. The van der Waals surface area contributed by atoms with E-state index in [0.717, 1.165) is 67.1 Å². The van der Waals surface area contributed by atoms with Gasteiger partial charge in [0, 0.05) is 96.5 Å². The van der Waals surface area contributed by atoms with Crippen LogP contribution in [0.25, 0.3) is 102 Å². The molecule has 2 aliphatic carbocycles. The summed E-state index contributed by atoms with van der Waals surface area (Å²) in [5.74, 6) is 8.40. The summed E-state index contributed by atoms with van der Waals surface area (Å²) in [6, 6.07) is 130. The second kappa shape index (κ2) is 39.1. The Morgan fingerprint density at radius 1 is 0.217 bits per heavy atom. The highest BCUT2D eigenvalue weighted by molar-refractivity contribution is 8.00. The molecule has 138 heavy (non-hydrogen) atoms. The molecule has 3 aromatic heterocycles. The summed E-state index contributed by atoms with van der Waals surface area (Å²) in [7, 11) is 0. The summed E-state index contributed by atoms with van der Waals surface area (Å²) < 4.78 is 0. The molecule has 0 spiro atoms. The highest BCUT2D eigenvalue weighted by Crippen LogP contribution is 2.55. The summed E-state index contributed by atoms with van der Waals surface area (Å²) in [6.45, 7) is 22.2. The van der Waals surface area contributed by atoms with E-state index in [9.17, 15) is 0 Å². The minimum atomic E-state index is 0.0680. The number of anilines is 9. The molecule has 23 rings (SSSR count). The Labute approximate surface area is 824 Å². The van der Waals surface area contributed by atoms with E-state index in [1.165, 1.54) is 148 Å². The van der Waals surface area contributed by atoms with Gasteiger partial charge in [-0.05, 0) is 239 Å². The van der Waals surface area contributed by atoms with Crippen LogP contribution < -0.4 is 14.7 Å². The van der Waals surface area contributed by atoms with Crippen molar-refractivity contribution in [3.8, 4) is 102 Å². The normalized spacial score (nSPS) is 13.9. The minimum Gasteiger partial charge on any atom is -0.308 e. The quantitative estimate of drug-likeness (QED) is 0.0910. The molecule has 0 radical (unpaired) electrons. The third kappa shape index (κ3) is 19.3. The fourth-order valence-corrected chi connectivity index (χ4v) is 22.3. The van der Waals surface area contributed by atoms with Gasteiger partial charge in [0.1, 0.15) is 0 Å². The molecular weight excluding hydrogens is 1740 g/mol. The third-order valence-electron chi connectivity index (χ3n) is 27.0. The monoisotopic (exact) mass is 1850 g/mol. The van der Waals surface area contributed by atoms with E-state index in [1.807, 2.05) is 35.3 Å². The van der Waals surface area contributed by atoms with Crippen LogP contribution in [0.2, 0.25) is 0 Å². The number of hydrogen-bond donors (Lipinski definition) is 0. The van der Waals surface area contributed by atoms with Crippen molar-refractivity contribution in [3.05, 3.63) is 397 Å². The predicted octanol–water partition coefficient (Wildman–Crippen LogP) is 34.6. The topological polar surface area (TPSA) is 126 Å². The highest BCUT2D eigenvalue weighted by Gasteiger charge is 2.31. The van der Waals surface area contributed by atoms with Gasteiger partial charge >= 0.3 is 0 Å².